The first-order valence-electron chi connectivity index (χ1n) is 12.2. The zero-order chi connectivity index (χ0) is 28.9. The normalized spacial score (nSPS) is 15.6. The number of para-hydroxylation sites is 2. The van der Waals surface area contributed by atoms with Crippen LogP contribution in [0.2, 0.25) is 0 Å². The lowest BCUT2D eigenvalue weighted by molar-refractivity contribution is -0.139. The van der Waals surface area contributed by atoms with Crippen molar-refractivity contribution in [2.45, 2.75) is 45.7 Å². The molecule has 0 saturated carbocycles. The molecule has 12 nitrogen and oxygen atoms in total. The first-order chi connectivity index (χ1) is 18.5. The molecule has 12 heteroatoms. The lowest BCUT2D eigenvalue weighted by Gasteiger charge is -2.25. The zero-order valence-corrected chi connectivity index (χ0v) is 21.8. The number of phenolic OH excluding ortho intramolecular Hbond substituents is 1. The second kappa shape index (κ2) is 12.2. The van der Waals surface area contributed by atoms with Crippen LogP contribution < -0.4 is 20.4 Å². The Kier molecular flexibility index (Phi) is 9.02. The quantitative estimate of drug-likeness (QED) is 0.343. The molecule has 1 aliphatic heterocycles. The number of aliphatic carboxylic acids is 1. The van der Waals surface area contributed by atoms with E-state index >= 15 is 0 Å². The molecular formula is C27H30N4O8. The van der Waals surface area contributed by atoms with Gasteiger partial charge in [0.15, 0.2) is 0 Å². The number of carbonyl (C=O) groups excluding carboxylic acids is 5. The highest BCUT2D eigenvalue weighted by molar-refractivity contribution is 6.11. The molecule has 2 aromatic rings. The number of phenols is 1. The van der Waals surface area contributed by atoms with E-state index in [-0.39, 0.29) is 42.2 Å². The third-order valence-corrected chi connectivity index (χ3v) is 6.26. The molecule has 4 amide bonds. The van der Waals surface area contributed by atoms with Crippen molar-refractivity contribution in [1.29, 1.82) is 0 Å². The van der Waals surface area contributed by atoms with E-state index in [2.05, 4.69) is 10.6 Å². The Labute approximate surface area is 224 Å². The minimum absolute atomic E-state index is 0.0426. The van der Waals surface area contributed by atoms with Crippen molar-refractivity contribution < 1.29 is 39.0 Å². The number of aryl methyl sites for hydroxylation is 2. The number of benzene rings is 2. The smallest absolute Gasteiger partial charge is 0.305 e. The monoisotopic (exact) mass is 538 g/mol. The topological polar surface area (TPSA) is 173 Å². The van der Waals surface area contributed by atoms with Crippen molar-refractivity contribution in [3.05, 3.63) is 53.1 Å². The number of nitrogens with zero attached hydrogens (tertiary/aromatic N) is 2. The van der Waals surface area contributed by atoms with Crippen LogP contribution in [-0.2, 0) is 24.0 Å². The van der Waals surface area contributed by atoms with Gasteiger partial charge in [0.2, 0.25) is 11.8 Å². The molecule has 2 unspecified atom stereocenters. The minimum atomic E-state index is -1.30. The van der Waals surface area contributed by atoms with Crippen molar-refractivity contribution in [2.75, 3.05) is 22.9 Å². The summed E-state index contributed by atoms with van der Waals surface area (Å²) in [5.41, 5.74) is 1.70. The van der Waals surface area contributed by atoms with Crippen LogP contribution in [-0.4, -0.2) is 71.3 Å². The predicted molar refractivity (Wildman–Crippen MR) is 141 cm³/mol. The molecule has 0 spiro atoms. The summed E-state index contributed by atoms with van der Waals surface area (Å²) in [5.74, 6) is -3.69. The largest absolute Gasteiger partial charge is 0.507 e. The maximum atomic E-state index is 13.8. The Morgan fingerprint density at radius 2 is 1.72 bits per heavy atom. The van der Waals surface area contributed by atoms with Gasteiger partial charge in [0, 0.05) is 12.0 Å². The summed E-state index contributed by atoms with van der Waals surface area (Å²) in [5, 5.41) is 24.0. The van der Waals surface area contributed by atoms with Gasteiger partial charge in [0.1, 0.15) is 24.6 Å². The van der Waals surface area contributed by atoms with E-state index < -0.39 is 48.7 Å². The average Bonchev–Trinajstić information content (AvgIpc) is 3.01. The Balaban J connectivity index is 1.98. The number of carboxylic acid groups (broad SMARTS) is 1. The summed E-state index contributed by atoms with van der Waals surface area (Å²) in [6.07, 6.45) is -0.241. The number of hydrogen-bond acceptors (Lipinski definition) is 7. The Hall–Kier alpha value is -4.74. The number of rotatable bonds is 9. The minimum Gasteiger partial charge on any atom is -0.507 e. The number of carbonyl (C=O) groups is 6. The first kappa shape index (κ1) is 28.8. The molecule has 0 saturated heterocycles. The number of nitrogens with one attached hydrogen (secondary N) is 2. The summed E-state index contributed by atoms with van der Waals surface area (Å²) < 4.78 is 0. The summed E-state index contributed by atoms with van der Waals surface area (Å²) in [7, 11) is 0. The van der Waals surface area contributed by atoms with Crippen molar-refractivity contribution in [3.8, 4) is 5.75 Å². The number of aromatic hydroxyl groups is 1. The number of carboxylic acids is 1. The predicted octanol–water partition coefficient (Wildman–Crippen LogP) is 1.06. The van der Waals surface area contributed by atoms with Crippen LogP contribution in [0.4, 0.5) is 11.4 Å². The highest BCUT2D eigenvalue weighted by atomic mass is 16.4. The van der Waals surface area contributed by atoms with Gasteiger partial charge in [0.05, 0.1) is 30.4 Å². The number of aldehydes is 1. The van der Waals surface area contributed by atoms with Crippen molar-refractivity contribution in [3.63, 3.8) is 0 Å². The highest BCUT2D eigenvalue weighted by Gasteiger charge is 2.37. The summed E-state index contributed by atoms with van der Waals surface area (Å²) in [6.45, 7) is 4.10. The van der Waals surface area contributed by atoms with E-state index in [9.17, 15) is 33.9 Å². The molecule has 2 aromatic carbocycles. The van der Waals surface area contributed by atoms with Crippen LogP contribution in [0.15, 0.2) is 36.4 Å². The highest BCUT2D eigenvalue weighted by Crippen LogP contribution is 2.33. The van der Waals surface area contributed by atoms with Gasteiger partial charge in [-0.05, 0) is 49.2 Å². The summed E-state index contributed by atoms with van der Waals surface area (Å²) in [4.78, 5) is 77.4. The number of anilines is 2. The lowest BCUT2D eigenvalue weighted by atomic mass is 10.0. The van der Waals surface area contributed by atoms with Crippen LogP contribution in [0, 0.1) is 13.8 Å². The average molecular weight is 539 g/mol. The van der Waals surface area contributed by atoms with Crippen LogP contribution in [0.25, 0.3) is 0 Å². The first-order valence-corrected chi connectivity index (χ1v) is 12.2. The van der Waals surface area contributed by atoms with E-state index in [1.807, 2.05) is 0 Å². The molecule has 1 heterocycles. The molecular weight excluding hydrogens is 508 g/mol. The van der Waals surface area contributed by atoms with Crippen molar-refractivity contribution >= 4 is 47.3 Å². The van der Waals surface area contributed by atoms with Gasteiger partial charge in [-0.1, -0.05) is 19.1 Å². The molecule has 4 N–H and O–H groups in total. The molecule has 0 aromatic heterocycles. The van der Waals surface area contributed by atoms with Gasteiger partial charge >= 0.3 is 5.97 Å². The summed E-state index contributed by atoms with van der Waals surface area (Å²) in [6, 6.07) is 6.80. The molecule has 0 radical (unpaired) electrons. The molecule has 39 heavy (non-hydrogen) atoms. The molecule has 1 aliphatic rings. The number of fused-ring (bicyclic) bond motifs is 1. The molecule has 206 valence electrons. The van der Waals surface area contributed by atoms with Crippen LogP contribution >= 0.6 is 0 Å². The van der Waals surface area contributed by atoms with Gasteiger partial charge in [-0.3, -0.25) is 28.9 Å². The van der Waals surface area contributed by atoms with E-state index in [0.29, 0.717) is 16.8 Å². The van der Waals surface area contributed by atoms with E-state index in [0.717, 1.165) is 4.90 Å². The molecule has 0 bridgehead atoms. The second-order valence-electron chi connectivity index (χ2n) is 9.16. The fraction of sp³-hybridized carbons (Fsp3) is 0.333. The van der Waals surface area contributed by atoms with E-state index in [1.54, 1.807) is 45.0 Å². The lowest BCUT2D eigenvalue weighted by Crippen LogP contribution is -2.54. The molecule has 2 atom stereocenters. The van der Waals surface area contributed by atoms with E-state index in [1.165, 1.54) is 17.0 Å². The third-order valence-electron chi connectivity index (χ3n) is 6.26. The maximum absolute atomic E-state index is 13.8. The molecule has 3 rings (SSSR count). The Bertz CT molecular complexity index is 1300. The van der Waals surface area contributed by atoms with Gasteiger partial charge in [-0.15, -0.1) is 0 Å². The van der Waals surface area contributed by atoms with Gasteiger partial charge in [-0.25, -0.2) is 0 Å². The Morgan fingerprint density at radius 1 is 1.10 bits per heavy atom. The van der Waals surface area contributed by atoms with E-state index in [4.69, 9.17) is 5.11 Å². The summed E-state index contributed by atoms with van der Waals surface area (Å²) >= 11 is 0. The van der Waals surface area contributed by atoms with Crippen molar-refractivity contribution in [1.82, 2.24) is 10.6 Å². The molecule has 0 aliphatic carbocycles. The molecule has 0 fully saturated rings. The number of hydrogen-bond donors (Lipinski definition) is 4. The maximum Gasteiger partial charge on any atom is 0.305 e. The second-order valence-corrected chi connectivity index (χ2v) is 9.16. The fourth-order valence-electron chi connectivity index (χ4n) is 4.33. The van der Waals surface area contributed by atoms with Crippen LogP contribution in [0.3, 0.4) is 0 Å². The SMILES string of the molecule is CCC(=O)N1CC(NC(=O)c2cc(C)c(O)c(C)c2)C(=O)N(CC(=O)NC(C=O)CC(=O)O)c2ccccc21. The van der Waals surface area contributed by atoms with Gasteiger partial charge in [-0.2, -0.15) is 0 Å². The Morgan fingerprint density at radius 3 is 2.28 bits per heavy atom. The van der Waals surface area contributed by atoms with Crippen LogP contribution in [0.1, 0.15) is 41.3 Å². The van der Waals surface area contributed by atoms with Crippen molar-refractivity contribution in [2.24, 2.45) is 0 Å². The standard InChI is InChI=1S/C27H30N4O8/c1-4-23(34)30-12-19(29-26(38)17-9-15(2)25(37)16(3)10-17)27(39)31(21-8-6-5-7-20(21)30)13-22(33)28-18(14-32)11-24(35)36/h5-10,14,18-19,37H,4,11-13H2,1-3H3,(H,28,33)(H,29,38)(H,35,36). The van der Waals surface area contributed by atoms with Gasteiger partial charge in [0.25, 0.3) is 11.8 Å². The fourth-order valence-corrected chi connectivity index (χ4v) is 4.33. The van der Waals surface area contributed by atoms with Crippen LogP contribution in [0.5, 0.6) is 5.75 Å². The third kappa shape index (κ3) is 6.58. The number of amides is 4. The van der Waals surface area contributed by atoms with Gasteiger partial charge < -0.3 is 30.5 Å². The zero-order valence-electron chi connectivity index (χ0n) is 21.8.